The number of rotatable bonds is 5. The second-order valence-corrected chi connectivity index (χ2v) is 43.6. The normalized spacial score (nSPS) is 10.5. The predicted octanol–water partition coefficient (Wildman–Crippen LogP) is 21.6. The Morgan fingerprint density at radius 1 is 0.484 bits per heavy atom. The number of hydrogen-bond acceptors (Lipinski definition) is 7. The quantitative estimate of drug-likeness (QED) is 0.254. The van der Waals surface area contributed by atoms with Crippen molar-refractivity contribution in [2.45, 2.75) is 294 Å². The highest BCUT2D eigenvalue weighted by molar-refractivity contribution is 6.83. The molecule has 1 saturated carbocycles. The molecule has 12 heteroatoms. The van der Waals surface area contributed by atoms with E-state index in [1.165, 1.54) is 66.2 Å². The van der Waals surface area contributed by atoms with Crippen LogP contribution in [0.2, 0.25) is 98.2 Å². The zero-order chi connectivity index (χ0) is 47.5. The van der Waals surface area contributed by atoms with Gasteiger partial charge in [0, 0.05) is 45.0 Å². The first-order chi connectivity index (χ1) is 24.1. The molecule has 1 aliphatic rings. The first kappa shape index (κ1) is 126. The number of ketones is 2. The molecule has 0 N–H and O–H groups in total. The van der Waals surface area contributed by atoms with Crippen LogP contribution >= 0.6 is 0 Å². The van der Waals surface area contributed by atoms with Crippen molar-refractivity contribution in [2.24, 2.45) is 11.3 Å². The van der Waals surface area contributed by atoms with Gasteiger partial charge in [0.05, 0.1) is 0 Å². The third kappa shape index (κ3) is 432. The lowest BCUT2D eigenvalue weighted by Gasteiger charge is -2.27. The van der Waals surface area contributed by atoms with Gasteiger partial charge in [0.1, 0.15) is 11.6 Å². The van der Waals surface area contributed by atoms with Crippen LogP contribution < -0.4 is 0 Å². The second kappa shape index (κ2) is 77.4. The van der Waals surface area contributed by atoms with Crippen molar-refractivity contribution in [2.75, 3.05) is 35.5 Å². The van der Waals surface area contributed by atoms with Gasteiger partial charge in [-0.25, -0.2) is 0 Å². The fraction of sp³-hybridized carbons (Fsp3) is 0.962. The van der Waals surface area contributed by atoms with Gasteiger partial charge in [-0.2, -0.15) is 0 Å². The molecule has 1 aliphatic carbocycles. The summed E-state index contributed by atoms with van der Waals surface area (Å²) in [5, 5.41) is 0. The molecular formula is C52H150O7Si5. The number of carbonyl (C=O) groups excluding carboxylic acids is 2. The van der Waals surface area contributed by atoms with Crippen LogP contribution in [0.25, 0.3) is 0 Å². The number of Topliss-reactive ketones (excluding diaryl/α,β-unsaturated/α-hetero) is 2. The van der Waals surface area contributed by atoms with Crippen LogP contribution in [0.5, 0.6) is 0 Å². The maximum absolute atomic E-state index is 9.44. The van der Waals surface area contributed by atoms with Gasteiger partial charge in [0.15, 0.2) is 25.0 Å². The Morgan fingerprint density at radius 2 is 0.625 bits per heavy atom. The molecule has 420 valence electrons. The first-order valence-corrected chi connectivity index (χ1v) is 37.8. The summed E-state index contributed by atoms with van der Waals surface area (Å²) in [6, 6.07) is 0. The molecule has 0 aliphatic heterocycles. The summed E-state index contributed by atoms with van der Waals surface area (Å²) in [7, 11) is 2.52. The third-order valence-corrected chi connectivity index (χ3v) is 12.2. The average molecular weight is 1030 g/mol. The zero-order valence-corrected chi connectivity index (χ0v) is 49.7. The standard InChI is InChI=1S/C7H14.C6H18OSi2.C5H12.C4H12O2Si.C4H12OSi.C4H12Si.2C3H6O.C3H8.C2H6O.C2H6.9CH4.H2/c1-7-5-3-2-4-6-7;1-8(2,3)7-9(4,5)6;1-5(2,3)4;1-5-7(3,4)6-2;1-5-6(2,3)4;1-5(2,3)4;2*1-3(2)4;2*1-3-2;1-2;;;;;;;;;;/h7H,2-6H2,1H3;1-6H3;1-4H3;1-4H3;1-4H3;1-4H3;2*1-2H3;3H2,1-2H3;1-2H3;1-2H3;9*1H4;1H. The molecule has 1 rings (SSSR count). The van der Waals surface area contributed by atoms with Gasteiger partial charge >= 0.3 is 8.56 Å². The average Bonchev–Trinajstić information content (AvgIpc) is 2.92. The van der Waals surface area contributed by atoms with Crippen molar-refractivity contribution in [3.63, 3.8) is 0 Å². The molecule has 0 aromatic heterocycles. The molecule has 0 aromatic carbocycles. The van der Waals surface area contributed by atoms with E-state index < -0.39 is 41.6 Å². The third-order valence-electron chi connectivity index (χ3n) is 4.10. The highest BCUT2D eigenvalue weighted by atomic mass is 28.4. The molecule has 0 radical (unpaired) electrons. The minimum Gasteiger partial charge on any atom is -0.456 e. The summed E-state index contributed by atoms with van der Waals surface area (Å²) >= 11 is 0. The van der Waals surface area contributed by atoms with E-state index >= 15 is 0 Å². The molecule has 0 unspecified atom stereocenters. The Morgan fingerprint density at radius 3 is 0.656 bits per heavy atom. The van der Waals surface area contributed by atoms with E-state index in [0.29, 0.717) is 5.41 Å². The van der Waals surface area contributed by atoms with Crippen LogP contribution in [0.1, 0.15) is 197 Å². The smallest absolute Gasteiger partial charge is 0.331 e. The van der Waals surface area contributed by atoms with Crippen LogP contribution in [0.15, 0.2) is 0 Å². The van der Waals surface area contributed by atoms with Crippen LogP contribution in [0.4, 0.5) is 0 Å². The highest BCUT2D eigenvalue weighted by Crippen LogP contribution is 2.22. The fourth-order valence-electron chi connectivity index (χ4n) is 2.31. The lowest BCUT2D eigenvalue weighted by molar-refractivity contribution is -0.115. The number of hydrogen-bond donors (Lipinski definition) is 0. The SMILES string of the molecule is C.C.C.C.C.C.C.C.C.CC.CC(C)(C)C.CC(C)=O.CC(C)=O.CC1CCCCC1.CCC.COC.CO[Si](C)(C)C.CO[Si](C)(C)OC.C[Si](C)(C)C.C[Si](C)(C)O[Si](C)(C)C.[HH]. The summed E-state index contributed by atoms with van der Waals surface area (Å²) in [6.07, 6.45) is 8.69. The summed E-state index contributed by atoms with van der Waals surface area (Å²) in [6.45, 7) is 58.7. The van der Waals surface area contributed by atoms with Crippen molar-refractivity contribution >= 4 is 53.2 Å². The van der Waals surface area contributed by atoms with Gasteiger partial charge in [-0.1, -0.05) is 194 Å². The summed E-state index contributed by atoms with van der Waals surface area (Å²) in [4.78, 5) is 18.9. The lowest BCUT2D eigenvalue weighted by atomic mass is 9.91. The Balaban J connectivity index is -0.0000000191. The largest absolute Gasteiger partial charge is 0.456 e. The second-order valence-electron chi connectivity index (χ2n) is 20.1. The van der Waals surface area contributed by atoms with E-state index in [4.69, 9.17) is 17.4 Å². The summed E-state index contributed by atoms with van der Waals surface area (Å²) < 4.78 is 25.2. The van der Waals surface area contributed by atoms with Gasteiger partial charge in [-0.3, -0.25) is 0 Å². The maximum Gasteiger partial charge on any atom is 0.331 e. The molecule has 0 heterocycles. The van der Waals surface area contributed by atoms with E-state index in [-0.39, 0.29) is 79.8 Å². The Labute approximate surface area is 424 Å². The Hall–Kier alpha value is 0.224. The number of methoxy groups -OCH3 is 1. The van der Waals surface area contributed by atoms with Gasteiger partial charge < -0.3 is 31.7 Å². The number of ether oxygens (including phenoxy) is 1. The van der Waals surface area contributed by atoms with Crippen molar-refractivity contribution < 1.29 is 33.1 Å². The van der Waals surface area contributed by atoms with Gasteiger partial charge in [-0.05, 0) is 111 Å². The van der Waals surface area contributed by atoms with Crippen LogP contribution in [-0.2, 0) is 31.7 Å². The monoisotopic (exact) mass is 1030 g/mol. The van der Waals surface area contributed by atoms with Crippen LogP contribution in [0, 0.1) is 11.3 Å². The van der Waals surface area contributed by atoms with E-state index in [1.807, 2.05) is 26.9 Å². The molecule has 0 amide bonds. The molecule has 64 heavy (non-hydrogen) atoms. The molecule has 0 atom stereocenters. The van der Waals surface area contributed by atoms with Crippen molar-refractivity contribution in [1.29, 1.82) is 0 Å². The van der Waals surface area contributed by atoms with E-state index in [9.17, 15) is 9.59 Å². The summed E-state index contributed by atoms with van der Waals surface area (Å²) in [5.41, 5.74) is 0.500. The Bertz CT molecular complexity index is 673. The van der Waals surface area contributed by atoms with E-state index in [0.717, 1.165) is 5.92 Å². The minimum atomic E-state index is -1.65. The Kier molecular flexibility index (Phi) is 152. The first-order valence-electron chi connectivity index (χ1n) is 20.8. The topological polar surface area (TPSA) is 80.3 Å². The van der Waals surface area contributed by atoms with E-state index in [2.05, 4.69) is 138 Å². The van der Waals surface area contributed by atoms with Crippen molar-refractivity contribution in [3.05, 3.63) is 0 Å². The predicted molar refractivity (Wildman–Crippen MR) is 332 cm³/mol. The van der Waals surface area contributed by atoms with Crippen molar-refractivity contribution in [3.8, 4) is 0 Å². The lowest BCUT2D eigenvalue weighted by Crippen LogP contribution is -2.39. The van der Waals surface area contributed by atoms with Crippen LogP contribution in [-0.4, -0.2) is 88.7 Å². The summed E-state index contributed by atoms with van der Waals surface area (Å²) in [5.74, 6) is 1.37. The highest BCUT2D eigenvalue weighted by Gasteiger charge is 2.24. The maximum atomic E-state index is 9.44. The molecule has 0 spiro atoms. The van der Waals surface area contributed by atoms with Gasteiger partial charge in [0.25, 0.3) is 0 Å². The van der Waals surface area contributed by atoms with Crippen molar-refractivity contribution in [1.82, 2.24) is 0 Å². The number of carbonyl (C=O) groups is 2. The molecule has 0 bridgehead atoms. The molecular weight excluding hydrogens is 877 g/mol. The molecule has 1 fully saturated rings. The molecule has 0 saturated heterocycles. The molecule has 0 aromatic rings. The molecule has 7 nitrogen and oxygen atoms in total. The van der Waals surface area contributed by atoms with E-state index in [1.54, 1.807) is 35.5 Å². The zero-order valence-electron chi connectivity index (χ0n) is 44.7. The van der Waals surface area contributed by atoms with Crippen LogP contribution in [0.3, 0.4) is 0 Å². The fourth-order valence-corrected chi connectivity index (χ4v) is 9.82. The van der Waals surface area contributed by atoms with Gasteiger partial charge in [-0.15, -0.1) is 0 Å². The minimum absolute atomic E-state index is 0. The van der Waals surface area contributed by atoms with Gasteiger partial charge in [0.2, 0.25) is 0 Å².